The highest BCUT2D eigenvalue weighted by atomic mass is 32.1. The molecule has 28 heavy (non-hydrogen) atoms. The van der Waals surface area contributed by atoms with Gasteiger partial charge in [0.25, 0.3) is 5.91 Å². The number of hydrogen-bond acceptors (Lipinski definition) is 4. The Labute approximate surface area is 172 Å². The Balaban J connectivity index is 1.46. The van der Waals surface area contributed by atoms with Crippen LogP contribution in [0.2, 0.25) is 0 Å². The van der Waals surface area contributed by atoms with E-state index in [0.29, 0.717) is 23.6 Å². The first kappa shape index (κ1) is 19.6. The number of aromatic nitrogens is 2. The van der Waals surface area contributed by atoms with Gasteiger partial charge in [-0.15, -0.1) is 11.3 Å². The lowest BCUT2D eigenvalue weighted by Crippen LogP contribution is -2.51. The van der Waals surface area contributed by atoms with Crippen LogP contribution >= 0.6 is 11.3 Å². The van der Waals surface area contributed by atoms with Crippen molar-refractivity contribution < 1.29 is 4.79 Å². The zero-order chi connectivity index (χ0) is 19.5. The maximum atomic E-state index is 13.0. The molecule has 4 rings (SSSR count). The molecule has 2 aromatic heterocycles. The van der Waals surface area contributed by atoms with E-state index in [1.165, 1.54) is 45.2 Å². The molecule has 0 aliphatic carbocycles. The third-order valence-corrected chi connectivity index (χ3v) is 7.16. The Morgan fingerprint density at radius 3 is 2.79 bits per heavy atom. The zero-order valence-electron chi connectivity index (χ0n) is 17.1. The maximum absolute atomic E-state index is 13.0. The van der Waals surface area contributed by atoms with Gasteiger partial charge >= 0.3 is 0 Å². The molecule has 0 spiro atoms. The summed E-state index contributed by atoms with van der Waals surface area (Å²) < 4.78 is 1.99. The SMILES string of the molecule is CC(C)Cc1sc(-n2cccc2)nc1C(=O)NCC1CCCN2CCCCC12. The summed E-state index contributed by atoms with van der Waals surface area (Å²) in [6, 6.07) is 4.63. The van der Waals surface area contributed by atoms with Crippen molar-refractivity contribution in [1.82, 2.24) is 19.8 Å². The molecular weight excluding hydrogens is 368 g/mol. The van der Waals surface area contributed by atoms with Gasteiger partial charge in [0.1, 0.15) is 5.69 Å². The fraction of sp³-hybridized carbons (Fsp3) is 0.636. The van der Waals surface area contributed by atoms with Crippen LogP contribution in [0, 0.1) is 11.8 Å². The Hall–Kier alpha value is -1.66. The largest absolute Gasteiger partial charge is 0.350 e. The van der Waals surface area contributed by atoms with Crippen molar-refractivity contribution in [1.29, 1.82) is 0 Å². The molecule has 1 N–H and O–H groups in total. The number of nitrogens with one attached hydrogen (secondary N) is 1. The van der Waals surface area contributed by atoms with Gasteiger partial charge in [-0.3, -0.25) is 4.79 Å². The molecule has 2 aromatic rings. The Kier molecular flexibility index (Phi) is 6.16. The van der Waals surface area contributed by atoms with E-state index in [0.717, 1.165) is 23.0 Å². The monoisotopic (exact) mass is 400 g/mol. The van der Waals surface area contributed by atoms with Gasteiger partial charge in [-0.2, -0.15) is 0 Å². The fourth-order valence-corrected chi connectivity index (χ4v) is 5.96. The minimum absolute atomic E-state index is 0.00163. The summed E-state index contributed by atoms with van der Waals surface area (Å²) >= 11 is 1.64. The van der Waals surface area contributed by atoms with Gasteiger partial charge in [0, 0.05) is 29.9 Å². The lowest BCUT2D eigenvalue weighted by molar-refractivity contribution is 0.0575. The minimum atomic E-state index is -0.00163. The third kappa shape index (κ3) is 4.33. The Bertz CT molecular complexity index is 781. The molecule has 0 radical (unpaired) electrons. The topological polar surface area (TPSA) is 50.2 Å². The predicted molar refractivity (Wildman–Crippen MR) is 114 cm³/mol. The molecule has 6 heteroatoms. The first-order valence-corrected chi connectivity index (χ1v) is 11.6. The van der Waals surface area contributed by atoms with Gasteiger partial charge in [-0.25, -0.2) is 4.98 Å². The van der Waals surface area contributed by atoms with Gasteiger partial charge in [0.15, 0.2) is 5.13 Å². The maximum Gasteiger partial charge on any atom is 0.271 e. The molecule has 0 bridgehead atoms. The number of hydrogen-bond donors (Lipinski definition) is 1. The van der Waals surface area contributed by atoms with Gasteiger partial charge in [0.2, 0.25) is 0 Å². The summed E-state index contributed by atoms with van der Waals surface area (Å²) in [5.41, 5.74) is 0.624. The van der Waals surface area contributed by atoms with Crippen LogP contribution in [0.15, 0.2) is 24.5 Å². The van der Waals surface area contributed by atoms with Gasteiger partial charge < -0.3 is 14.8 Å². The van der Waals surface area contributed by atoms with E-state index in [-0.39, 0.29) is 5.91 Å². The summed E-state index contributed by atoms with van der Waals surface area (Å²) in [5, 5.41) is 4.12. The first-order chi connectivity index (χ1) is 13.6. The van der Waals surface area contributed by atoms with Crippen LogP contribution < -0.4 is 5.32 Å². The number of thiazole rings is 1. The van der Waals surface area contributed by atoms with Crippen LogP contribution in [0.5, 0.6) is 0 Å². The number of carbonyl (C=O) groups is 1. The Morgan fingerprint density at radius 1 is 1.21 bits per heavy atom. The molecule has 5 nitrogen and oxygen atoms in total. The first-order valence-electron chi connectivity index (χ1n) is 10.8. The number of carbonyl (C=O) groups excluding carboxylic acids is 1. The van der Waals surface area contributed by atoms with E-state index in [1.54, 1.807) is 11.3 Å². The lowest BCUT2D eigenvalue weighted by atomic mass is 9.83. The molecule has 0 saturated carbocycles. The second kappa shape index (κ2) is 8.78. The van der Waals surface area contributed by atoms with Crippen molar-refractivity contribution in [2.24, 2.45) is 11.8 Å². The Morgan fingerprint density at radius 2 is 2.00 bits per heavy atom. The zero-order valence-corrected chi connectivity index (χ0v) is 17.9. The highest BCUT2D eigenvalue weighted by Gasteiger charge is 2.33. The van der Waals surface area contributed by atoms with E-state index in [4.69, 9.17) is 4.98 Å². The van der Waals surface area contributed by atoms with E-state index >= 15 is 0 Å². The summed E-state index contributed by atoms with van der Waals surface area (Å²) in [6.45, 7) is 7.63. The highest BCUT2D eigenvalue weighted by molar-refractivity contribution is 7.14. The van der Waals surface area contributed by atoms with Crippen LogP contribution in [0.25, 0.3) is 5.13 Å². The smallest absolute Gasteiger partial charge is 0.271 e. The number of fused-ring (bicyclic) bond motifs is 1. The van der Waals surface area contributed by atoms with Crippen LogP contribution in [0.4, 0.5) is 0 Å². The fourth-order valence-electron chi connectivity index (χ4n) is 4.72. The highest BCUT2D eigenvalue weighted by Crippen LogP contribution is 2.31. The molecule has 2 fully saturated rings. The van der Waals surface area contributed by atoms with Crippen molar-refractivity contribution in [3.05, 3.63) is 35.1 Å². The van der Waals surface area contributed by atoms with Gasteiger partial charge in [-0.1, -0.05) is 20.3 Å². The molecule has 2 aliphatic heterocycles. The van der Waals surface area contributed by atoms with Crippen molar-refractivity contribution in [3.8, 4) is 5.13 Å². The van der Waals surface area contributed by atoms with E-state index < -0.39 is 0 Å². The van der Waals surface area contributed by atoms with Crippen molar-refractivity contribution >= 4 is 17.2 Å². The van der Waals surface area contributed by atoms with Crippen molar-refractivity contribution in [2.45, 2.75) is 58.4 Å². The van der Waals surface area contributed by atoms with Crippen LogP contribution in [0.1, 0.15) is 61.3 Å². The van der Waals surface area contributed by atoms with Crippen molar-refractivity contribution in [2.75, 3.05) is 19.6 Å². The molecule has 2 atom stereocenters. The minimum Gasteiger partial charge on any atom is -0.350 e. The molecule has 152 valence electrons. The average molecular weight is 401 g/mol. The number of piperidine rings is 2. The number of amides is 1. The van der Waals surface area contributed by atoms with E-state index in [1.807, 2.05) is 29.1 Å². The van der Waals surface area contributed by atoms with Crippen LogP contribution in [-0.2, 0) is 6.42 Å². The van der Waals surface area contributed by atoms with E-state index in [9.17, 15) is 4.79 Å². The van der Waals surface area contributed by atoms with Crippen LogP contribution in [0.3, 0.4) is 0 Å². The summed E-state index contributed by atoms with van der Waals surface area (Å²) in [4.78, 5) is 21.5. The summed E-state index contributed by atoms with van der Waals surface area (Å²) in [6.07, 6.45) is 11.3. The molecule has 1 amide bonds. The molecule has 0 aromatic carbocycles. The second-order valence-corrected chi connectivity index (χ2v) is 9.73. The quantitative estimate of drug-likeness (QED) is 0.793. The molecule has 2 aliphatic rings. The molecule has 2 unspecified atom stereocenters. The van der Waals surface area contributed by atoms with Crippen molar-refractivity contribution in [3.63, 3.8) is 0 Å². The molecular formula is C22H32N4OS. The lowest BCUT2D eigenvalue weighted by Gasteiger charge is -2.44. The summed E-state index contributed by atoms with van der Waals surface area (Å²) in [7, 11) is 0. The molecule has 4 heterocycles. The molecule has 2 saturated heterocycles. The van der Waals surface area contributed by atoms with Crippen LogP contribution in [-0.4, -0.2) is 46.0 Å². The average Bonchev–Trinajstić information content (AvgIpc) is 3.35. The van der Waals surface area contributed by atoms with E-state index in [2.05, 4.69) is 24.1 Å². The predicted octanol–water partition coefficient (Wildman–Crippen LogP) is 4.13. The third-order valence-electron chi connectivity index (χ3n) is 6.07. The number of nitrogens with zero attached hydrogens (tertiary/aromatic N) is 3. The second-order valence-electron chi connectivity index (χ2n) is 8.67. The standard InChI is InChI=1S/C22H32N4OS/c1-16(2)14-19-20(24-22(28-19)26-11-5-6-12-26)21(27)23-15-17-8-7-13-25-10-4-3-9-18(17)25/h5-6,11-12,16-18H,3-4,7-10,13-15H2,1-2H3,(H,23,27). The van der Waals surface area contributed by atoms with Gasteiger partial charge in [0.05, 0.1) is 0 Å². The number of rotatable bonds is 6. The summed E-state index contributed by atoms with van der Waals surface area (Å²) in [5.74, 6) is 1.07. The normalized spacial score (nSPS) is 23.0. The van der Waals surface area contributed by atoms with Gasteiger partial charge in [-0.05, 0) is 69.2 Å².